The number of amides is 1. The highest BCUT2D eigenvalue weighted by atomic mass is 35.5. The van der Waals surface area contributed by atoms with E-state index < -0.39 is 11.9 Å². The second-order valence-electron chi connectivity index (χ2n) is 5.39. The zero-order valence-corrected chi connectivity index (χ0v) is 13.8. The molecule has 0 aliphatic rings. The number of fused-ring (bicyclic) bond motifs is 1. The third kappa shape index (κ3) is 2.90. The largest absolute Gasteiger partial charge is 0.321 e. The number of rotatable bonds is 4. The average Bonchev–Trinajstić information content (AvgIpc) is 2.95. The van der Waals surface area contributed by atoms with E-state index in [9.17, 15) is 9.18 Å². The standard InChI is InChI=1S/C18H15ClFN3O/c1-3-22-11-23(17-7-5-4-6-16(17)22)12(2)18(24)21-15-9-8-13(20)10-14(15)19/h3-12H,1H2,2H3/p+1/t12-/m1/s1. The minimum Gasteiger partial charge on any atom is -0.321 e. The Morgan fingerprint density at radius 1 is 1.38 bits per heavy atom. The van der Waals surface area contributed by atoms with E-state index in [1.165, 1.54) is 18.2 Å². The SMILES string of the molecule is C=Cn1c[n+]([C@H](C)C(=O)Nc2ccc(F)cc2Cl)c2ccccc21. The van der Waals surface area contributed by atoms with Gasteiger partial charge in [0.15, 0.2) is 17.1 Å². The molecule has 3 rings (SSSR count). The number of para-hydroxylation sites is 2. The third-order valence-electron chi connectivity index (χ3n) is 3.87. The topological polar surface area (TPSA) is 37.9 Å². The maximum absolute atomic E-state index is 13.1. The molecule has 6 heteroatoms. The van der Waals surface area contributed by atoms with E-state index in [1.54, 1.807) is 13.1 Å². The van der Waals surface area contributed by atoms with Crippen molar-refractivity contribution in [2.24, 2.45) is 0 Å². The molecule has 122 valence electrons. The first-order valence-electron chi connectivity index (χ1n) is 7.40. The van der Waals surface area contributed by atoms with Crippen LogP contribution in [0.1, 0.15) is 13.0 Å². The maximum atomic E-state index is 13.1. The van der Waals surface area contributed by atoms with E-state index in [4.69, 9.17) is 11.6 Å². The predicted octanol–water partition coefficient (Wildman–Crippen LogP) is 4.02. The van der Waals surface area contributed by atoms with Crippen LogP contribution in [0.25, 0.3) is 17.2 Å². The molecule has 1 atom stereocenters. The van der Waals surface area contributed by atoms with E-state index in [1.807, 2.05) is 39.7 Å². The molecule has 0 fully saturated rings. The summed E-state index contributed by atoms with van der Waals surface area (Å²) in [7, 11) is 0. The van der Waals surface area contributed by atoms with Crippen LogP contribution in [0.5, 0.6) is 0 Å². The molecule has 0 radical (unpaired) electrons. The summed E-state index contributed by atoms with van der Waals surface area (Å²) in [6.45, 7) is 5.57. The minimum atomic E-state index is -0.489. The van der Waals surface area contributed by atoms with Gasteiger partial charge in [-0.2, -0.15) is 0 Å². The van der Waals surface area contributed by atoms with E-state index in [2.05, 4.69) is 11.9 Å². The molecule has 0 bridgehead atoms. The molecular weight excluding hydrogens is 329 g/mol. The Kier molecular flexibility index (Phi) is 4.36. The molecule has 1 N–H and O–H groups in total. The number of nitrogens with zero attached hydrogens (tertiary/aromatic N) is 2. The van der Waals surface area contributed by atoms with E-state index in [0.717, 1.165) is 11.0 Å². The number of hydrogen-bond donors (Lipinski definition) is 1. The van der Waals surface area contributed by atoms with Crippen LogP contribution < -0.4 is 9.88 Å². The second kappa shape index (κ2) is 6.45. The summed E-state index contributed by atoms with van der Waals surface area (Å²) in [5.74, 6) is -0.699. The molecule has 2 aromatic carbocycles. The first-order valence-corrected chi connectivity index (χ1v) is 7.78. The molecular formula is C18H16ClFN3O+. The highest BCUT2D eigenvalue weighted by Crippen LogP contribution is 2.23. The molecule has 1 amide bonds. The maximum Gasteiger partial charge on any atom is 0.269 e. The normalized spacial score (nSPS) is 12.1. The van der Waals surface area contributed by atoms with Crippen LogP contribution in [0.15, 0.2) is 55.4 Å². The van der Waals surface area contributed by atoms with Gasteiger partial charge in [-0.15, -0.1) is 0 Å². The molecule has 0 aliphatic heterocycles. The number of imidazole rings is 1. The lowest BCUT2D eigenvalue weighted by Gasteiger charge is -2.11. The summed E-state index contributed by atoms with van der Waals surface area (Å²) in [5, 5.41) is 2.90. The van der Waals surface area contributed by atoms with Crippen molar-refractivity contribution in [3.8, 4) is 0 Å². The Bertz CT molecular complexity index is 935. The Labute approximate surface area is 143 Å². The minimum absolute atomic E-state index is 0.161. The summed E-state index contributed by atoms with van der Waals surface area (Å²) in [6, 6.07) is 11.1. The highest BCUT2D eigenvalue weighted by molar-refractivity contribution is 6.33. The van der Waals surface area contributed by atoms with Crippen LogP contribution in [0, 0.1) is 5.82 Å². The number of benzene rings is 2. The van der Waals surface area contributed by atoms with Crippen molar-refractivity contribution >= 4 is 40.4 Å². The van der Waals surface area contributed by atoms with Crippen molar-refractivity contribution in [1.82, 2.24) is 4.57 Å². The van der Waals surface area contributed by atoms with Gasteiger partial charge in [-0.3, -0.25) is 4.79 Å². The summed E-state index contributed by atoms with van der Waals surface area (Å²) >= 11 is 5.97. The Morgan fingerprint density at radius 2 is 2.12 bits per heavy atom. The molecule has 1 heterocycles. The summed E-state index contributed by atoms with van der Waals surface area (Å²) in [5.41, 5.74) is 2.24. The number of hydrogen-bond acceptors (Lipinski definition) is 1. The fourth-order valence-electron chi connectivity index (χ4n) is 2.57. The second-order valence-corrected chi connectivity index (χ2v) is 5.80. The van der Waals surface area contributed by atoms with Crippen LogP contribution in [0.4, 0.5) is 10.1 Å². The lowest BCUT2D eigenvalue weighted by Crippen LogP contribution is -2.43. The zero-order valence-electron chi connectivity index (χ0n) is 13.0. The highest BCUT2D eigenvalue weighted by Gasteiger charge is 2.25. The zero-order chi connectivity index (χ0) is 17.3. The third-order valence-corrected chi connectivity index (χ3v) is 4.18. The lowest BCUT2D eigenvalue weighted by atomic mass is 10.2. The number of carbonyl (C=O) groups is 1. The lowest BCUT2D eigenvalue weighted by molar-refractivity contribution is -0.680. The molecule has 0 spiro atoms. The molecule has 0 unspecified atom stereocenters. The predicted molar refractivity (Wildman–Crippen MR) is 93.3 cm³/mol. The van der Waals surface area contributed by atoms with Gasteiger partial charge in [-0.1, -0.05) is 30.3 Å². The van der Waals surface area contributed by atoms with Gasteiger partial charge >= 0.3 is 0 Å². The monoisotopic (exact) mass is 344 g/mol. The van der Waals surface area contributed by atoms with Crippen molar-refractivity contribution in [2.75, 3.05) is 5.32 Å². The first-order chi connectivity index (χ1) is 11.5. The van der Waals surface area contributed by atoms with E-state index in [0.29, 0.717) is 5.69 Å². The van der Waals surface area contributed by atoms with Crippen LogP contribution in [0.3, 0.4) is 0 Å². The molecule has 3 aromatic rings. The molecule has 1 aromatic heterocycles. The summed E-state index contributed by atoms with van der Waals surface area (Å²) < 4.78 is 16.8. The van der Waals surface area contributed by atoms with Crippen LogP contribution in [0.2, 0.25) is 5.02 Å². The number of anilines is 1. The number of carbonyl (C=O) groups excluding carboxylic acids is 1. The van der Waals surface area contributed by atoms with Crippen molar-refractivity contribution in [2.45, 2.75) is 13.0 Å². The van der Waals surface area contributed by atoms with Crippen LogP contribution in [-0.4, -0.2) is 10.5 Å². The molecule has 4 nitrogen and oxygen atoms in total. The fraction of sp³-hybridized carbons (Fsp3) is 0.111. The summed E-state index contributed by atoms with van der Waals surface area (Å²) in [6.07, 6.45) is 3.49. The number of halogens is 2. The number of aromatic nitrogens is 2. The molecule has 0 saturated carbocycles. The Morgan fingerprint density at radius 3 is 2.83 bits per heavy atom. The van der Waals surface area contributed by atoms with Gasteiger partial charge < -0.3 is 5.32 Å². The van der Waals surface area contributed by atoms with Gasteiger partial charge in [0.2, 0.25) is 6.33 Å². The van der Waals surface area contributed by atoms with Gasteiger partial charge in [0.25, 0.3) is 5.91 Å². The van der Waals surface area contributed by atoms with E-state index >= 15 is 0 Å². The van der Waals surface area contributed by atoms with Gasteiger partial charge in [0.05, 0.1) is 16.9 Å². The van der Waals surface area contributed by atoms with Crippen LogP contribution >= 0.6 is 11.6 Å². The van der Waals surface area contributed by atoms with Gasteiger partial charge in [-0.05, 0) is 37.3 Å². The smallest absolute Gasteiger partial charge is 0.269 e. The van der Waals surface area contributed by atoms with Gasteiger partial charge in [-0.25, -0.2) is 13.5 Å². The van der Waals surface area contributed by atoms with Gasteiger partial charge in [0, 0.05) is 0 Å². The Hall–Kier alpha value is -2.66. The molecule has 0 saturated heterocycles. The fourth-order valence-corrected chi connectivity index (χ4v) is 2.78. The van der Waals surface area contributed by atoms with Crippen molar-refractivity contribution < 1.29 is 13.8 Å². The number of nitrogens with one attached hydrogen (secondary N) is 1. The van der Waals surface area contributed by atoms with Crippen molar-refractivity contribution in [3.63, 3.8) is 0 Å². The average molecular weight is 345 g/mol. The Balaban J connectivity index is 1.92. The molecule has 24 heavy (non-hydrogen) atoms. The molecule has 0 aliphatic carbocycles. The quantitative estimate of drug-likeness (QED) is 0.713. The van der Waals surface area contributed by atoms with Crippen molar-refractivity contribution in [3.05, 3.63) is 66.2 Å². The van der Waals surface area contributed by atoms with E-state index in [-0.39, 0.29) is 10.9 Å². The first kappa shape index (κ1) is 16.2. The van der Waals surface area contributed by atoms with Gasteiger partial charge in [0.1, 0.15) is 5.82 Å². The summed E-state index contributed by atoms with van der Waals surface area (Å²) in [4.78, 5) is 12.6. The van der Waals surface area contributed by atoms with Crippen LogP contribution in [-0.2, 0) is 4.79 Å². The van der Waals surface area contributed by atoms with Crippen molar-refractivity contribution in [1.29, 1.82) is 0 Å².